The van der Waals surface area contributed by atoms with Crippen LogP contribution in [0.5, 0.6) is 0 Å². The van der Waals surface area contributed by atoms with Crippen LogP contribution in [0.4, 0.5) is 0 Å². The SMILES string of the molecule is CCCCCCCCCCC1=C(OC)C(=O)c2ccccc2C1=O. The fraction of sp³-hybridized carbons (Fsp3) is 0.524. The van der Waals surface area contributed by atoms with Crippen LogP contribution in [-0.2, 0) is 4.74 Å². The summed E-state index contributed by atoms with van der Waals surface area (Å²) >= 11 is 0. The molecule has 3 nitrogen and oxygen atoms in total. The first-order chi connectivity index (χ1) is 11.7. The average Bonchev–Trinajstić information content (AvgIpc) is 2.61. The standard InChI is InChI=1S/C21H28O3/c1-3-4-5-6-7-8-9-10-15-18-19(22)16-13-11-12-14-17(16)20(23)21(18)24-2/h11-14H,3-10,15H2,1-2H3. The number of unbranched alkanes of at least 4 members (excludes halogenated alkanes) is 7. The van der Waals surface area contributed by atoms with E-state index >= 15 is 0 Å². The summed E-state index contributed by atoms with van der Waals surface area (Å²) in [6, 6.07) is 7.01. The van der Waals surface area contributed by atoms with Gasteiger partial charge in [-0.3, -0.25) is 9.59 Å². The lowest BCUT2D eigenvalue weighted by atomic mass is 9.86. The molecule has 1 aromatic carbocycles. The fourth-order valence-electron chi connectivity index (χ4n) is 3.28. The van der Waals surface area contributed by atoms with Crippen molar-refractivity contribution in [2.45, 2.75) is 64.7 Å². The van der Waals surface area contributed by atoms with Crippen LogP contribution in [0, 0.1) is 0 Å². The predicted octanol–water partition coefficient (Wildman–Crippen LogP) is 5.50. The highest BCUT2D eigenvalue weighted by molar-refractivity contribution is 6.26. The van der Waals surface area contributed by atoms with E-state index in [1.807, 2.05) is 0 Å². The summed E-state index contributed by atoms with van der Waals surface area (Å²) in [6.45, 7) is 2.22. The van der Waals surface area contributed by atoms with Crippen LogP contribution < -0.4 is 0 Å². The van der Waals surface area contributed by atoms with Crippen LogP contribution >= 0.6 is 0 Å². The van der Waals surface area contributed by atoms with E-state index in [0.717, 1.165) is 12.8 Å². The van der Waals surface area contributed by atoms with Gasteiger partial charge in [0.15, 0.2) is 11.5 Å². The van der Waals surface area contributed by atoms with Crippen LogP contribution in [0.1, 0.15) is 85.4 Å². The van der Waals surface area contributed by atoms with Crippen LogP contribution in [0.25, 0.3) is 0 Å². The average molecular weight is 328 g/mol. The van der Waals surface area contributed by atoms with E-state index < -0.39 is 0 Å². The number of hydrogen-bond donors (Lipinski definition) is 0. The Labute approximate surface area is 145 Å². The molecule has 0 aromatic heterocycles. The van der Waals surface area contributed by atoms with Crippen molar-refractivity contribution in [3.63, 3.8) is 0 Å². The number of allylic oxidation sites excluding steroid dienone is 2. The maximum Gasteiger partial charge on any atom is 0.228 e. The lowest BCUT2D eigenvalue weighted by Crippen LogP contribution is -2.23. The second-order valence-corrected chi connectivity index (χ2v) is 6.44. The zero-order chi connectivity index (χ0) is 17.4. The minimum absolute atomic E-state index is 0.0509. The Morgan fingerprint density at radius 2 is 1.33 bits per heavy atom. The number of methoxy groups -OCH3 is 1. The van der Waals surface area contributed by atoms with Crippen LogP contribution in [0.15, 0.2) is 35.6 Å². The third-order valence-corrected chi connectivity index (χ3v) is 4.66. The Balaban J connectivity index is 1.91. The largest absolute Gasteiger partial charge is 0.492 e. The summed E-state index contributed by atoms with van der Waals surface area (Å²) in [7, 11) is 1.47. The van der Waals surface area contributed by atoms with Crippen molar-refractivity contribution in [1.29, 1.82) is 0 Å². The highest BCUT2D eigenvalue weighted by Crippen LogP contribution is 2.29. The van der Waals surface area contributed by atoms with Crippen LogP contribution in [0.2, 0.25) is 0 Å². The lowest BCUT2D eigenvalue weighted by Gasteiger charge is -2.19. The van der Waals surface area contributed by atoms with Crippen molar-refractivity contribution in [1.82, 2.24) is 0 Å². The molecule has 0 heterocycles. The molecule has 1 aliphatic rings. The molecule has 0 radical (unpaired) electrons. The highest BCUT2D eigenvalue weighted by atomic mass is 16.5. The Hall–Kier alpha value is -1.90. The van der Waals surface area contributed by atoms with Gasteiger partial charge in [0.1, 0.15) is 0 Å². The molecule has 0 amide bonds. The summed E-state index contributed by atoms with van der Waals surface area (Å²) in [4.78, 5) is 25.2. The Bertz CT molecular complexity index is 613. The minimum atomic E-state index is -0.165. The van der Waals surface area contributed by atoms with Gasteiger partial charge in [-0.2, -0.15) is 0 Å². The molecular formula is C21H28O3. The minimum Gasteiger partial charge on any atom is -0.492 e. The van der Waals surface area contributed by atoms with Crippen LogP contribution in [0.3, 0.4) is 0 Å². The summed E-state index contributed by atoms with van der Waals surface area (Å²) < 4.78 is 5.28. The van der Waals surface area contributed by atoms with E-state index in [1.165, 1.54) is 45.6 Å². The van der Waals surface area contributed by atoms with E-state index in [0.29, 0.717) is 23.1 Å². The molecule has 1 aliphatic carbocycles. The van der Waals surface area contributed by atoms with Crippen LogP contribution in [-0.4, -0.2) is 18.7 Å². The highest BCUT2D eigenvalue weighted by Gasteiger charge is 2.32. The van der Waals surface area contributed by atoms with Crippen molar-refractivity contribution in [3.8, 4) is 0 Å². The number of rotatable bonds is 10. The maximum atomic E-state index is 12.7. The first-order valence-corrected chi connectivity index (χ1v) is 9.16. The Kier molecular flexibility index (Phi) is 7.23. The molecule has 0 spiro atoms. The van der Waals surface area contributed by atoms with Gasteiger partial charge in [0.2, 0.25) is 5.78 Å². The normalized spacial score (nSPS) is 14.1. The van der Waals surface area contributed by atoms with Gasteiger partial charge in [-0.25, -0.2) is 0 Å². The summed E-state index contributed by atoms with van der Waals surface area (Å²) in [5.41, 5.74) is 1.52. The Morgan fingerprint density at radius 1 is 0.792 bits per heavy atom. The number of hydrogen-bond acceptors (Lipinski definition) is 3. The topological polar surface area (TPSA) is 43.4 Å². The first kappa shape index (κ1) is 18.4. The van der Waals surface area contributed by atoms with Gasteiger partial charge in [-0.15, -0.1) is 0 Å². The summed E-state index contributed by atoms with van der Waals surface area (Å²) in [5, 5.41) is 0. The number of ketones is 2. The van der Waals surface area contributed by atoms with Gasteiger partial charge < -0.3 is 4.74 Å². The third-order valence-electron chi connectivity index (χ3n) is 4.66. The number of Topliss-reactive ketones (excluding diaryl/α,β-unsaturated/α-hetero) is 2. The van der Waals surface area contributed by atoms with Crippen molar-refractivity contribution in [2.75, 3.05) is 7.11 Å². The van der Waals surface area contributed by atoms with E-state index in [2.05, 4.69) is 6.92 Å². The summed E-state index contributed by atoms with van der Waals surface area (Å²) in [5.74, 6) is 0.0221. The van der Waals surface area contributed by atoms with Gasteiger partial charge in [-0.1, -0.05) is 76.1 Å². The number of fused-ring (bicyclic) bond motifs is 1. The summed E-state index contributed by atoms with van der Waals surface area (Å²) in [6.07, 6.45) is 10.3. The zero-order valence-electron chi connectivity index (χ0n) is 14.9. The molecule has 0 unspecified atom stereocenters. The quantitative estimate of drug-likeness (QED) is 0.533. The lowest BCUT2D eigenvalue weighted by molar-refractivity contribution is 0.0902. The molecular weight excluding hydrogens is 300 g/mol. The van der Waals surface area contributed by atoms with Gasteiger partial charge >= 0.3 is 0 Å². The van der Waals surface area contributed by atoms with Gasteiger partial charge in [0.25, 0.3) is 0 Å². The number of carbonyl (C=O) groups is 2. The monoisotopic (exact) mass is 328 g/mol. The molecule has 0 saturated carbocycles. The molecule has 0 N–H and O–H groups in total. The van der Waals surface area contributed by atoms with Crippen molar-refractivity contribution < 1.29 is 14.3 Å². The fourth-order valence-corrected chi connectivity index (χ4v) is 3.28. The Morgan fingerprint density at radius 3 is 1.92 bits per heavy atom. The zero-order valence-corrected chi connectivity index (χ0v) is 14.9. The molecule has 3 heteroatoms. The first-order valence-electron chi connectivity index (χ1n) is 9.16. The van der Waals surface area contributed by atoms with E-state index in [4.69, 9.17) is 4.74 Å². The van der Waals surface area contributed by atoms with Crippen molar-refractivity contribution in [3.05, 3.63) is 46.7 Å². The van der Waals surface area contributed by atoms with E-state index in [-0.39, 0.29) is 17.3 Å². The molecule has 0 bridgehead atoms. The van der Waals surface area contributed by atoms with Gasteiger partial charge in [-0.05, 0) is 12.8 Å². The molecule has 2 rings (SSSR count). The molecule has 130 valence electrons. The third kappa shape index (κ3) is 4.34. The van der Waals surface area contributed by atoms with Crippen molar-refractivity contribution >= 4 is 11.6 Å². The molecule has 0 atom stereocenters. The van der Waals surface area contributed by atoms with Crippen molar-refractivity contribution in [2.24, 2.45) is 0 Å². The second kappa shape index (κ2) is 9.41. The number of ether oxygens (including phenoxy) is 1. The molecule has 0 fully saturated rings. The molecule has 0 saturated heterocycles. The van der Waals surface area contributed by atoms with Gasteiger partial charge in [0, 0.05) is 16.7 Å². The predicted molar refractivity (Wildman–Crippen MR) is 96.4 cm³/mol. The van der Waals surface area contributed by atoms with E-state index in [1.54, 1.807) is 24.3 Å². The van der Waals surface area contributed by atoms with Gasteiger partial charge in [0.05, 0.1) is 7.11 Å². The van der Waals surface area contributed by atoms with E-state index in [9.17, 15) is 9.59 Å². The molecule has 24 heavy (non-hydrogen) atoms. The smallest absolute Gasteiger partial charge is 0.228 e. The molecule has 0 aliphatic heterocycles. The number of benzene rings is 1. The number of carbonyl (C=O) groups excluding carboxylic acids is 2. The maximum absolute atomic E-state index is 12.7. The second-order valence-electron chi connectivity index (χ2n) is 6.44. The molecule has 1 aromatic rings.